The van der Waals surface area contributed by atoms with Gasteiger partial charge < -0.3 is 10.3 Å². The summed E-state index contributed by atoms with van der Waals surface area (Å²) >= 11 is 1.81. The van der Waals surface area contributed by atoms with E-state index in [0.29, 0.717) is 13.1 Å². The van der Waals surface area contributed by atoms with Crippen molar-refractivity contribution < 1.29 is 4.79 Å². The van der Waals surface area contributed by atoms with Crippen molar-refractivity contribution in [1.29, 1.82) is 0 Å². The van der Waals surface area contributed by atoms with E-state index in [9.17, 15) is 4.79 Å². The Kier molecular flexibility index (Phi) is 5.85. The summed E-state index contributed by atoms with van der Waals surface area (Å²) in [4.78, 5) is 19.1. The largest absolute Gasteiger partial charge is 0.358 e. The highest BCUT2D eigenvalue weighted by atomic mass is 32.2. The average molecular weight is 346 g/mol. The Hall–Kier alpha value is -1.46. The third kappa shape index (κ3) is 4.33. The van der Waals surface area contributed by atoms with E-state index in [1.807, 2.05) is 17.8 Å². The van der Waals surface area contributed by atoms with Gasteiger partial charge in [-0.2, -0.15) is 0 Å². The van der Waals surface area contributed by atoms with Crippen LogP contribution in [0.5, 0.6) is 0 Å². The number of carbonyl (C=O) groups is 1. The number of aromatic nitrogens is 1. The number of thioether (sulfide) groups is 1. The number of fused-ring (bicyclic) bond motifs is 1. The number of rotatable bonds is 6. The number of nitrogens with one attached hydrogen (secondary N) is 2. The van der Waals surface area contributed by atoms with E-state index in [1.54, 1.807) is 0 Å². The molecule has 1 aromatic heterocycles. The maximum absolute atomic E-state index is 12.1. The molecule has 2 N–H and O–H groups in total. The topological polar surface area (TPSA) is 48.1 Å². The van der Waals surface area contributed by atoms with Crippen LogP contribution in [0.1, 0.15) is 25.5 Å². The molecule has 1 saturated heterocycles. The van der Waals surface area contributed by atoms with E-state index < -0.39 is 0 Å². The van der Waals surface area contributed by atoms with Crippen LogP contribution in [-0.4, -0.2) is 47.7 Å². The zero-order valence-electron chi connectivity index (χ0n) is 14.6. The molecule has 1 aliphatic heterocycles. The van der Waals surface area contributed by atoms with Crippen LogP contribution in [0.2, 0.25) is 0 Å². The van der Waals surface area contributed by atoms with Gasteiger partial charge in [0.25, 0.3) is 0 Å². The molecular weight excluding hydrogens is 318 g/mol. The summed E-state index contributed by atoms with van der Waals surface area (Å²) in [5.41, 5.74) is 2.39. The average Bonchev–Trinajstić information content (AvgIpc) is 2.89. The molecule has 1 aromatic carbocycles. The third-order valence-corrected chi connectivity index (χ3v) is 5.97. The first-order valence-electron chi connectivity index (χ1n) is 8.82. The Morgan fingerprint density at radius 1 is 1.33 bits per heavy atom. The molecule has 1 amide bonds. The van der Waals surface area contributed by atoms with E-state index in [2.05, 4.69) is 47.2 Å². The predicted octanol–water partition coefficient (Wildman–Crippen LogP) is 3.42. The molecule has 130 valence electrons. The summed E-state index contributed by atoms with van der Waals surface area (Å²) < 4.78 is 0. The van der Waals surface area contributed by atoms with Crippen molar-refractivity contribution in [1.82, 2.24) is 15.2 Å². The Balaban J connectivity index is 1.42. The molecular formula is C19H27N3OS. The lowest BCUT2D eigenvalue weighted by molar-refractivity contribution is -0.122. The summed E-state index contributed by atoms with van der Waals surface area (Å²) in [5.74, 6) is 1.85. The van der Waals surface area contributed by atoms with Crippen LogP contribution >= 0.6 is 11.8 Å². The van der Waals surface area contributed by atoms with Crippen molar-refractivity contribution in [3.8, 4) is 0 Å². The van der Waals surface area contributed by atoms with Gasteiger partial charge in [-0.3, -0.25) is 9.69 Å². The first-order chi connectivity index (χ1) is 11.6. The van der Waals surface area contributed by atoms with Gasteiger partial charge in [-0.1, -0.05) is 25.1 Å². The van der Waals surface area contributed by atoms with Crippen molar-refractivity contribution in [3.05, 3.63) is 30.0 Å². The number of likely N-dealkylation sites (tertiary alicyclic amines) is 1. The fourth-order valence-corrected chi connectivity index (χ4v) is 4.27. The molecule has 0 aliphatic carbocycles. The number of para-hydroxylation sites is 1. The molecule has 0 spiro atoms. The summed E-state index contributed by atoms with van der Waals surface area (Å²) in [7, 11) is 0. The minimum atomic E-state index is 0.154. The van der Waals surface area contributed by atoms with Gasteiger partial charge in [0.05, 0.1) is 6.54 Å². The van der Waals surface area contributed by atoms with Crippen molar-refractivity contribution >= 4 is 28.6 Å². The standard InChI is InChI=1S/C19H27N3OS/c1-14-7-10-22(11-8-14)13-18(23)20-9-12-24-19-15(2)21-17-6-4-3-5-16(17)19/h3-6,14,21H,7-13H2,1-2H3,(H,20,23). The minimum Gasteiger partial charge on any atom is -0.358 e. The number of aryl methyl sites for hydroxylation is 1. The van der Waals surface area contributed by atoms with Gasteiger partial charge >= 0.3 is 0 Å². The Labute approximate surface area is 148 Å². The molecule has 5 heteroatoms. The van der Waals surface area contributed by atoms with Gasteiger partial charge in [-0.05, 0) is 44.8 Å². The second-order valence-electron chi connectivity index (χ2n) is 6.78. The van der Waals surface area contributed by atoms with Gasteiger partial charge in [-0.25, -0.2) is 0 Å². The summed E-state index contributed by atoms with van der Waals surface area (Å²) in [6.45, 7) is 7.77. The number of hydrogen-bond donors (Lipinski definition) is 2. The van der Waals surface area contributed by atoms with Gasteiger partial charge in [0.2, 0.25) is 5.91 Å². The van der Waals surface area contributed by atoms with Crippen LogP contribution in [0.3, 0.4) is 0 Å². The number of nitrogens with zero attached hydrogens (tertiary/aromatic N) is 1. The van der Waals surface area contributed by atoms with E-state index in [-0.39, 0.29) is 5.91 Å². The number of carbonyl (C=O) groups excluding carboxylic acids is 1. The Morgan fingerprint density at radius 3 is 2.88 bits per heavy atom. The number of aromatic amines is 1. The number of piperidine rings is 1. The zero-order chi connectivity index (χ0) is 16.9. The quantitative estimate of drug-likeness (QED) is 0.623. The van der Waals surface area contributed by atoms with Crippen LogP contribution < -0.4 is 5.32 Å². The predicted molar refractivity (Wildman–Crippen MR) is 102 cm³/mol. The van der Waals surface area contributed by atoms with Crippen molar-refractivity contribution in [3.63, 3.8) is 0 Å². The number of hydrogen-bond acceptors (Lipinski definition) is 3. The van der Waals surface area contributed by atoms with Crippen molar-refractivity contribution in [2.24, 2.45) is 5.92 Å². The van der Waals surface area contributed by atoms with Crippen LogP contribution in [0.25, 0.3) is 10.9 Å². The molecule has 3 rings (SSSR count). The van der Waals surface area contributed by atoms with E-state index in [0.717, 1.165) is 24.8 Å². The minimum absolute atomic E-state index is 0.154. The molecule has 0 saturated carbocycles. The SMILES string of the molecule is Cc1[nH]c2ccccc2c1SCCNC(=O)CN1CCC(C)CC1. The molecule has 2 heterocycles. The van der Waals surface area contributed by atoms with Crippen molar-refractivity contribution in [2.75, 3.05) is 31.9 Å². The highest BCUT2D eigenvalue weighted by Gasteiger charge is 2.17. The molecule has 0 bridgehead atoms. The first kappa shape index (κ1) is 17.4. The smallest absolute Gasteiger partial charge is 0.234 e. The van der Waals surface area contributed by atoms with E-state index in [4.69, 9.17) is 0 Å². The lowest BCUT2D eigenvalue weighted by atomic mass is 9.99. The molecule has 0 unspecified atom stereocenters. The van der Waals surface area contributed by atoms with Gasteiger partial charge in [0, 0.05) is 33.8 Å². The van der Waals surface area contributed by atoms with E-state index in [1.165, 1.54) is 34.3 Å². The normalized spacial score (nSPS) is 16.6. The number of amides is 1. The van der Waals surface area contributed by atoms with Crippen molar-refractivity contribution in [2.45, 2.75) is 31.6 Å². The van der Waals surface area contributed by atoms with Gasteiger partial charge in [-0.15, -0.1) is 11.8 Å². The number of H-pyrrole nitrogens is 1. The Morgan fingerprint density at radius 2 is 2.08 bits per heavy atom. The number of benzene rings is 1. The highest BCUT2D eigenvalue weighted by molar-refractivity contribution is 7.99. The zero-order valence-corrected chi connectivity index (χ0v) is 15.4. The van der Waals surface area contributed by atoms with Crippen LogP contribution in [0, 0.1) is 12.8 Å². The molecule has 0 radical (unpaired) electrons. The van der Waals surface area contributed by atoms with Crippen LogP contribution in [0.4, 0.5) is 0 Å². The van der Waals surface area contributed by atoms with Gasteiger partial charge in [0.15, 0.2) is 0 Å². The summed E-state index contributed by atoms with van der Waals surface area (Å²) in [6, 6.07) is 8.37. The molecule has 24 heavy (non-hydrogen) atoms. The highest BCUT2D eigenvalue weighted by Crippen LogP contribution is 2.30. The second-order valence-corrected chi connectivity index (χ2v) is 7.89. The fourth-order valence-electron chi connectivity index (χ4n) is 3.26. The molecule has 1 aliphatic rings. The third-order valence-electron chi connectivity index (χ3n) is 4.75. The molecule has 0 atom stereocenters. The second kappa shape index (κ2) is 8.08. The lowest BCUT2D eigenvalue weighted by Crippen LogP contribution is -2.41. The fraction of sp³-hybridized carbons (Fsp3) is 0.526. The molecule has 4 nitrogen and oxygen atoms in total. The van der Waals surface area contributed by atoms with Crippen LogP contribution in [0.15, 0.2) is 29.2 Å². The summed E-state index contributed by atoms with van der Waals surface area (Å²) in [5, 5.41) is 4.33. The lowest BCUT2D eigenvalue weighted by Gasteiger charge is -2.29. The Bertz CT molecular complexity index is 689. The van der Waals surface area contributed by atoms with Crippen LogP contribution in [-0.2, 0) is 4.79 Å². The monoisotopic (exact) mass is 345 g/mol. The van der Waals surface area contributed by atoms with Gasteiger partial charge in [0.1, 0.15) is 0 Å². The molecule has 1 fully saturated rings. The maximum Gasteiger partial charge on any atom is 0.234 e. The summed E-state index contributed by atoms with van der Waals surface area (Å²) in [6.07, 6.45) is 2.42. The van der Waals surface area contributed by atoms with E-state index >= 15 is 0 Å². The first-order valence-corrected chi connectivity index (χ1v) is 9.81. The molecule has 2 aromatic rings. The maximum atomic E-state index is 12.1.